The molecule has 0 aromatic carbocycles. The summed E-state index contributed by atoms with van der Waals surface area (Å²) in [5.74, 6) is 2.17. The molecule has 39 heavy (non-hydrogen) atoms. The van der Waals surface area contributed by atoms with Gasteiger partial charge in [0.05, 0.1) is 0 Å². The highest BCUT2D eigenvalue weighted by molar-refractivity contribution is 5.55. The van der Waals surface area contributed by atoms with E-state index in [1.54, 1.807) is 0 Å². The molecular weight excluding hydrogens is 486 g/mol. The van der Waals surface area contributed by atoms with Crippen molar-refractivity contribution in [2.45, 2.75) is 173 Å². The first-order valence-corrected chi connectivity index (χ1v) is 14.9. The van der Waals surface area contributed by atoms with Gasteiger partial charge in [-0.15, -0.1) is 0 Å². The average Bonchev–Trinajstić information content (AvgIpc) is 2.59. The summed E-state index contributed by atoms with van der Waals surface area (Å²) >= 11 is 0. The van der Waals surface area contributed by atoms with Crippen LogP contribution in [0.4, 0.5) is 17.8 Å². The van der Waals surface area contributed by atoms with Crippen molar-refractivity contribution in [3.8, 4) is 0 Å². The highest BCUT2D eigenvalue weighted by Gasteiger charge is 2.51. The molecule has 0 unspecified atom stereocenters. The normalized spacial score (nSPS) is 28.5. The third-order valence-electron chi connectivity index (χ3n) is 9.40. The molecule has 9 heteroatoms. The van der Waals surface area contributed by atoms with Crippen LogP contribution in [0, 0.1) is 0 Å². The van der Waals surface area contributed by atoms with Crippen molar-refractivity contribution in [3.05, 3.63) is 0 Å². The van der Waals surface area contributed by atoms with Gasteiger partial charge in [-0.2, -0.15) is 15.0 Å². The Bertz CT molecular complexity index is 875. The van der Waals surface area contributed by atoms with E-state index in [2.05, 4.69) is 97.8 Å². The van der Waals surface area contributed by atoms with Gasteiger partial charge in [0.2, 0.25) is 17.8 Å². The zero-order valence-electron chi connectivity index (χ0n) is 26.9. The Morgan fingerprint density at radius 3 is 0.718 bits per heavy atom. The summed E-state index contributed by atoms with van der Waals surface area (Å²) in [5.41, 5.74) is 18.4. The van der Waals surface area contributed by atoms with Crippen molar-refractivity contribution in [2.24, 2.45) is 17.2 Å². The summed E-state index contributed by atoms with van der Waals surface area (Å²) in [5, 5.41) is 0. The maximum absolute atomic E-state index is 6.57. The molecule has 3 fully saturated rings. The summed E-state index contributed by atoms with van der Waals surface area (Å²) in [6.45, 7) is 27.1. The second-order valence-electron chi connectivity index (χ2n) is 16.6. The van der Waals surface area contributed by atoms with Crippen LogP contribution in [0.25, 0.3) is 0 Å². The molecule has 0 amide bonds. The smallest absolute Gasteiger partial charge is 0.232 e. The van der Waals surface area contributed by atoms with E-state index >= 15 is 0 Å². The molecular formula is C30H57N9. The van der Waals surface area contributed by atoms with Gasteiger partial charge < -0.3 is 31.9 Å². The number of hydrogen-bond acceptors (Lipinski definition) is 9. The molecule has 0 aliphatic carbocycles. The van der Waals surface area contributed by atoms with Gasteiger partial charge in [0.25, 0.3) is 0 Å². The molecule has 222 valence electrons. The molecule has 0 bridgehead atoms. The molecule has 4 rings (SSSR count). The largest absolute Gasteiger partial charge is 0.330 e. The van der Waals surface area contributed by atoms with E-state index in [9.17, 15) is 0 Å². The van der Waals surface area contributed by atoms with Crippen molar-refractivity contribution < 1.29 is 0 Å². The predicted molar refractivity (Wildman–Crippen MR) is 163 cm³/mol. The van der Waals surface area contributed by atoms with Crippen LogP contribution in [0.5, 0.6) is 0 Å². The first-order chi connectivity index (χ1) is 17.5. The highest BCUT2D eigenvalue weighted by atomic mass is 15.5. The van der Waals surface area contributed by atoms with E-state index in [4.69, 9.17) is 32.2 Å². The summed E-state index contributed by atoms with van der Waals surface area (Å²) in [7, 11) is 0. The number of anilines is 3. The van der Waals surface area contributed by atoms with E-state index in [0.717, 1.165) is 56.4 Å². The van der Waals surface area contributed by atoms with Crippen molar-refractivity contribution in [3.63, 3.8) is 0 Å². The van der Waals surface area contributed by atoms with Gasteiger partial charge in [-0.25, -0.2) is 0 Å². The summed E-state index contributed by atoms with van der Waals surface area (Å²) in [6.07, 6.45) is 5.24. The number of piperidine rings is 3. The van der Waals surface area contributed by atoms with E-state index in [0.29, 0.717) is 0 Å². The quantitative estimate of drug-likeness (QED) is 0.510. The second kappa shape index (κ2) is 9.15. The standard InChI is InChI=1S/C30H57N9/c1-25(2)13-19(31)14-26(3,4)37(25)22-34-23(38-27(5,6)15-20(32)16-28(38,7)8)36-24(35-22)39-29(9,10)17-21(33)18-30(39,11)12/h19-21H,13-18,31-33H2,1-12H3. The molecule has 0 spiro atoms. The number of rotatable bonds is 3. The van der Waals surface area contributed by atoms with E-state index in [1.165, 1.54) is 0 Å². The minimum absolute atomic E-state index is 0.134. The van der Waals surface area contributed by atoms with Crippen LogP contribution in [0.2, 0.25) is 0 Å². The maximum Gasteiger partial charge on any atom is 0.232 e. The Balaban J connectivity index is 1.98. The second-order valence-corrected chi connectivity index (χ2v) is 16.6. The molecule has 0 radical (unpaired) electrons. The van der Waals surface area contributed by atoms with E-state index in [-0.39, 0.29) is 51.4 Å². The molecule has 6 N–H and O–H groups in total. The van der Waals surface area contributed by atoms with Crippen LogP contribution < -0.4 is 31.9 Å². The zero-order valence-corrected chi connectivity index (χ0v) is 26.9. The number of aromatic nitrogens is 3. The van der Waals surface area contributed by atoms with Gasteiger partial charge in [0, 0.05) is 51.4 Å². The molecule has 1 aromatic rings. The highest BCUT2D eigenvalue weighted by Crippen LogP contribution is 2.46. The minimum atomic E-state index is -0.221. The Morgan fingerprint density at radius 2 is 0.564 bits per heavy atom. The third kappa shape index (κ3) is 5.47. The monoisotopic (exact) mass is 543 g/mol. The fraction of sp³-hybridized carbons (Fsp3) is 0.900. The lowest BCUT2D eigenvalue weighted by molar-refractivity contribution is 0.206. The summed E-state index contributed by atoms with van der Waals surface area (Å²) in [6, 6.07) is 0.403. The maximum atomic E-state index is 6.57. The summed E-state index contributed by atoms with van der Waals surface area (Å²) < 4.78 is 0. The van der Waals surface area contributed by atoms with Crippen molar-refractivity contribution in [1.29, 1.82) is 0 Å². The summed E-state index contributed by atoms with van der Waals surface area (Å²) in [4.78, 5) is 23.2. The molecule has 0 atom stereocenters. The van der Waals surface area contributed by atoms with Crippen molar-refractivity contribution in [2.75, 3.05) is 14.7 Å². The van der Waals surface area contributed by atoms with Gasteiger partial charge in [-0.1, -0.05) is 0 Å². The molecule has 3 saturated heterocycles. The average molecular weight is 544 g/mol. The van der Waals surface area contributed by atoms with Crippen LogP contribution in [0.3, 0.4) is 0 Å². The Morgan fingerprint density at radius 1 is 0.410 bits per heavy atom. The van der Waals surface area contributed by atoms with Crippen molar-refractivity contribution >= 4 is 17.8 Å². The van der Waals surface area contributed by atoms with Gasteiger partial charge in [0.1, 0.15) is 0 Å². The molecule has 9 nitrogen and oxygen atoms in total. The molecule has 3 aliphatic heterocycles. The molecule has 1 aromatic heterocycles. The van der Waals surface area contributed by atoms with Crippen LogP contribution in [-0.2, 0) is 0 Å². The fourth-order valence-electron chi connectivity index (χ4n) is 9.34. The topological polar surface area (TPSA) is 126 Å². The van der Waals surface area contributed by atoms with E-state index in [1.807, 2.05) is 0 Å². The number of nitrogens with zero attached hydrogens (tertiary/aromatic N) is 6. The zero-order chi connectivity index (χ0) is 29.6. The van der Waals surface area contributed by atoms with E-state index < -0.39 is 0 Å². The SMILES string of the molecule is CC1(C)CC(N)CC(C)(C)N1c1nc(N2C(C)(C)CC(N)CC2(C)C)nc(N2C(C)(C)CC(N)CC2(C)C)n1. The van der Waals surface area contributed by atoms with Gasteiger partial charge in [-0.3, -0.25) is 0 Å². The number of hydrogen-bond donors (Lipinski definition) is 3. The number of nitrogens with two attached hydrogens (primary N) is 3. The van der Waals surface area contributed by atoms with Crippen LogP contribution in [0.15, 0.2) is 0 Å². The molecule has 0 saturated carbocycles. The Labute approximate surface area is 237 Å². The van der Waals surface area contributed by atoms with Gasteiger partial charge in [-0.05, 0) is 122 Å². The van der Waals surface area contributed by atoms with Crippen LogP contribution in [-0.4, -0.2) is 66.3 Å². The third-order valence-corrected chi connectivity index (χ3v) is 9.40. The lowest BCUT2D eigenvalue weighted by Gasteiger charge is -2.57. The molecule has 3 aliphatic rings. The Hall–Kier alpha value is -1.71. The minimum Gasteiger partial charge on any atom is -0.330 e. The Kier molecular flexibility index (Phi) is 7.10. The van der Waals surface area contributed by atoms with Gasteiger partial charge >= 0.3 is 0 Å². The van der Waals surface area contributed by atoms with Crippen LogP contribution in [0.1, 0.15) is 122 Å². The van der Waals surface area contributed by atoms with Crippen LogP contribution >= 0.6 is 0 Å². The van der Waals surface area contributed by atoms with Gasteiger partial charge in [0.15, 0.2) is 0 Å². The lowest BCUT2D eigenvalue weighted by Crippen LogP contribution is -2.66. The predicted octanol–water partition coefficient (Wildman–Crippen LogP) is 4.33. The lowest BCUT2D eigenvalue weighted by atomic mass is 9.77. The van der Waals surface area contributed by atoms with Crippen molar-refractivity contribution in [1.82, 2.24) is 15.0 Å². The first-order valence-electron chi connectivity index (χ1n) is 14.9. The first kappa shape index (κ1) is 30.3. The molecule has 4 heterocycles. The fourth-order valence-corrected chi connectivity index (χ4v) is 9.34.